The molecule has 0 atom stereocenters. The fourth-order valence-electron chi connectivity index (χ4n) is 0.703. The Labute approximate surface area is 78.6 Å². The van der Waals surface area contributed by atoms with Gasteiger partial charge in [0.25, 0.3) is 0 Å². The summed E-state index contributed by atoms with van der Waals surface area (Å²) in [4.78, 5) is 3.97. The largest absolute Gasteiger partial charge is 0.505 e. The third kappa shape index (κ3) is 1.74. The predicted octanol–water partition coefficient (Wildman–Crippen LogP) is 1.71. The molecule has 0 saturated carbocycles. The fraction of sp³-hybridized carbons (Fsp3) is 0.286. The van der Waals surface area contributed by atoms with E-state index in [-0.39, 0.29) is 5.75 Å². The highest BCUT2D eigenvalue weighted by Gasteiger charge is 2.05. The summed E-state index contributed by atoms with van der Waals surface area (Å²) in [6, 6.07) is 1.69. The zero-order valence-corrected chi connectivity index (χ0v) is 8.42. The number of nitrogens with zero attached hydrogens (tertiary/aromatic N) is 1. The van der Waals surface area contributed by atoms with Crippen molar-refractivity contribution in [3.8, 4) is 11.6 Å². The first-order valence-corrected chi connectivity index (χ1v) is 4.13. The summed E-state index contributed by atoms with van der Waals surface area (Å²) in [5, 5.41) is 9.30. The fourth-order valence-corrected chi connectivity index (χ4v) is 1.37. The summed E-state index contributed by atoms with van der Waals surface area (Å²) in [7, 11) is 1.55. The van der Waals surface area contributed by atoms with Crippen LogP contribution in [0.5, 0.6) is 11.6 Å². The van der Waals surface area contributed by atoms with Gasteiger partial charge in [0.05, 0.1) is 7.11 Å². The number of methoxy groups -OCH3 is 1. The number of hydrogen-bond donors (Lipinski definition) is 1. The molecule has 0 fully saturated rings. The van der Waals surface area contributed by atoms with Gasteiger partial charge in [-0.1, -0.05) is 0 Å². The Hall–Kier alpha value is -0.520. The van der Waals surface area contributed by atoms with Crippen LogP contribution in [0.1, 0.15) is 5.56 Å². The number of aromatic hydroxyl groups is 1. The van der Waals surface area contributed by atoms with Crippen molar-refractivity contribution >= 4 is 22.6 Å². The van der Waals surface area contributed by atoms with Crippen LogP contribution in [0.4, 0.5) is 0 Å². The molecule has 1 aromatic rings. The molecular weight excluding hydrogens is 257 g/mol. The van der Waals surface area contributed by atoms with Crippen LogP contribution in [0.3, 0.4) is 0 Å². The van der Waals surface area contributed by atoms with Crippen LogP contribution >= 0.6 is 22.6 Å². The predicted molar refractivity (Wildman–Crippen MR) is 49.9 cm³/mol. The molecule has 0 aliphatic rings. The molecule has 11 heavy (non-hydrogen) atoms. The molecule has 60 valence electrons. The number of pyridine rings is 1. The molecule has 3 nitrogen and oxygen atoms in total. The minimum atomic E-state index is 0.228. The molecule has 4 heteroatoms. The van der Waals surface area contributed by atoms with Gasteiger partial charge in [0, 0.05) is 6.07 Å². The Kier molecular flexibility index (Phi) is 2.53. The van der Waals surface area contributed by atoms with Crippen LogP contribution < -0.4 is 4.74 Å². The Morgan fingerprint density at radius 3 is 2.73 bits per heavy atom. The Morgan fingerprint density at radius 2 is 2.27 bits per heavy atom. The van der Waals surface area contributed by atoms with E-state index in [1.807, 2.05) is 29.5 Å². The van der Waals surface area contributed by atoms with Crippen molar-refractivity contribution in [1.29, 1.82) is 0 Å². The zero-order valence-electron chi connectivity index (χ0n) is 6.26. The minimum absolute atomic E-state index is 0.228. The first kappa shape index (κ1) is 8.58. The highest BCUT2D eigenvalue weighted by Crippen LogP contribution is 2.24. The van der Waals surface area contributed by atoms with Crippen molar-refractivity contribution in [2.75, 3.05) is 7.11 Å². The SMILES string of the molecule is COc1cc(C)c(O)c(I)n1. The van der Waals surface area contributed by atoms with Gasteiger partial charge in [0.1, 0.15) is 3.70 Å². The van der Waals surface area contributed by atoms with Crippen molar-refractivity contribution < 1.29 is 9.84 Å². The van der Waals surface area contributed by atoms with Crippen molar-refractivity contribution in [2.24, 2.45) is 0 Å². The zero-order chi connectivity index (χ0) is 8.43. The first-order chi connectivity index (χ1) is 5.15. The molecule has 0 spiro atoms. The monoisotopic (exact) mass is 265 g/mol. The minimum Gasteiger partial charge on any atom is -0.505 e. The average molecular weight is 265 g/mol. The summed E-state index contributed by atoms with van der Waals surface area (Å²) >= 11 is 1.96. The van der Waals surface area contributed by atoms with Gasteiger partial charge in [0.15, 0.2) is 5.75 Å². The van der Waals surface area contributed by atoms with Crippen LogP contribution in [0, 0.1) is 10.6 Å². The third-order valence-electron chi connectivity index (χ3n) is 1.33. The van der Waals surface area contributed by atoms with Gasteiger partial charge < -0.3 is 9.84 Å². The van der Waals surface area contributed by atoms with Gasteiger partial charge in [-0.15, -0.1) is 0 Å². The van der Waals surface area contributed by atoms with Crippen molar-refractivity contribution in [3.05, 3.63) is 15.3 Å². The molecule has 1 aromatic heterocycles. The van der Waals surface area contributed by atoms with E-state index in [2.05, 4.69) is 4.98 Å². The maximum atomic E-state index is 9.30. The average Bonchev–Trinajstić information content (AvgIpc) is 1.99. The van der Waals surface area contributed by atoms with Crippen LogP contribution in [-0.4, -0.2) is 17.2 Å². The van der Waals surface area contributed by atoms with E-state index >= 15 is 0 Å². The molecule has 1 rings (SSSR count). The smallest absolute Gasteiger partial charge is 0.214 e. The molecule has 0 aliphatic carbocycles. The van der Waals surface area contributed by atoms with Gasteiger partial charge in [0.2, 0.25) is 5.88 Å². The quantitative estimate of drug-likeness (QED) is 0.620. The molecule has 0 unspecified atom stereocenters. The summed E-state index contributed by atoms with van der Waals surface area (Å²) in [6.07, 6.45) is 0. The molecule has 0 amide bonds. The summed E-state index contributed by atoms with van der Waals surface area (Å²) in [5.41, 5.74) is 0.779. The standard InChI is InChI=1S/C7H8INO2/c1-4-3-5(11-2)9-7(8)6(4)10/h3,10H,1-2H3. The topological polar surface area (TPSA) is 42.4 Å². The maximum absolute atomic E-state index is 9.30. The van der Waals surface area contributed by atoms with E-state index in [4.69, 9.17) is 4.74 Å². The van der Waals surface area contributed by atoms with E-state index in [0.29, 0.717) is 9.58 Å². The second-order valence-corrected chi connectivity index (χ2v) is 3.14. The Balaban J connectivity index is 3.21. The molecule has 1 heterocycles. The van der Waals surface area contributed by atoms with E-state index in [1.54, 1.807) is 13.2 Å². The van der Waals surface area contributed by atoms with Gasteiger partial charge in [-0.3, -0.25) is 0 Å². The molecule has 0 radical (unpaired) electrons. The highest BCUT2D eigenvalue weighted by atomic mass is 127. The normalized spacial score (nSPS) is 9.73. The second-order valence-electron chi connectivity index (χ2n) is 2.12. The highest BCUT2D eigenvalue weighted by molar-refractivity contribution is 14.1. The number of halogens is 1. The lowest BCUT2D eigenvalue weighted by atomic mass is 10.3. The van der Waals surface area contributed by atoms with Crippen molar-refractivity contribution in [3.63, 3.8) is 0 Å². The number of aryl methyl sites for hydroxylation is 1. The number of aromatic nitrogens is 1. The van der Waals surface area contributed by atoms with E-state index < -0.39 is 0 Å². The number of rotatable bonds is 1. The molecule has 0 aromatic carbocycles. The van der Waals surface area contributed by atoms with Crippen LogP contribution in [0.15, 0.2) is 6.07 Å². The summed E-state index contributed by atoms with van der Waals surface area (Å²) in [5.74, 6) is 0.760. The third-order valence-corrected chi connectivity index (χ3v) is 2.08. The second kappa shape index (κ2) is 3.25. The Bertz CT molecular complexity index is 252. The van der Waals surface area contributed by atoms with Gasteiger partial charge in [-0.05, 0) is 35.1 Å². The maximum Gasteiger partial charge on any atom is 0.214 e. The first-order valence-electron chi connectivity index (χ1n) is 3.05. The summed E-state index contributed by atoms with van der Waals surface area (Å²) < 4.78 is 5.47. The van der Waals surface area contributed by atoms with Crippen molar-refractivity contribution in [2.45, 2.75) is 6.92 Å². The lowest BCUT2D eigenvalue weighted by Gasteiger charge is -2.03. The molecule has 1 N–H and O–H groups in total. The van der Waals surface area contributed by atoms with E-state index in [1.165, 1.54) is 0 Å². The van der Waals surface area contributed by atoms with E-state index in [9.17, 15) is 5.11 Å². The summed E-state index contributed by atoms with van der Waals surface area (Å²) in [6.45, 7) is 1.81. The van der Waals surface area contributed by atoms with Gasteiger partial charge >= 0.3 is 0 Å². The van der Waals surface area contributed by atoms with Crippen LogP contribution in [0.25, 0.3) is 0 Å². The molecule has 0 aliphatic heterocycles. The van der Waals surface area contributed by atoms with E-state index in [0.717, 1.165) is 5.56 Å². The van der Waals surface area contributed by atoms with Gasteiger partial charge in [-0.25, -0.2) is 4.98 Å². The lowest BCUT2D eigenvalue weighted by Crippen LogP contribution is -1.91. The number of hydrogen-bond acceptors (Lipinski definition) is 3. The van der Waals surface area contributed by atoms with Crippen molar-refractivity contribution in [1.82, 2.24) is 4.98 Å². The van der Waals surface area contributed by atoms with Gasteiger partial charge in [-0.2, -0.15) is 0 Å². The Morgan fingerprint density at radius 1 is 1.64 bits per heavy atom. The molecule has 0 bridgehead atoms. The number of ether oxygens (including phenoxy) is 1. The van der Waals surface area contributed by atoms with Crippen LogP contribution in [0.2, 0.25) is 0 Å². The van der Waals surface area contributed by atoms with Crippen LogP contribution in [-0.2, 0) is 0 Å². The molecule has 0 saturated heterocycles. The lowest BCUT2D eigenvalue weighted by molar-refractivity contribution is 0.391. The molecular formula is C7H8INO2.